The van der Waals surface area contributed by atoms with Crippen LogP contribution in [0.3, 0.4) is 0 Å². The summed E-state index contributed by atoms with van der Waals surface area (Å²) in [6, 6.07) is 7.07. The van der Waals surface area contributed by atoms with Crippen LogP contribution in [0.4, 0.5) is 5.69 Å². The van der Waals surface area contributed by atoms with Crippen molar-refractivity contribution in [2.24, 2.45) is 4.99 Å². The highest BCUT2D eigenvalue weighted by Crippen LogP contribution is 2.14. The minimum absolute atomic E-state index is 0. The van der Waals surface area contributed by atoms with Crippen molar-refractivity contribution >= 4 is 59.0 Å². The van der Waals surface area contributed by atoms with Gasteiger partial charge in [0, 0.05) is 56.3 Å². The van der Waals surface area contributed by atoms with Gasteiger partial charge in [-0.15, -0.1) is 24.0 Å². The SMILES string of the molecule is CCNC(=NCCCN1CCCCCC1=O)NCCCC(=O)Nc1ccc(Cl)cc1.I. The van der Waals surface area contributed by atoms with Crippen LogP contribution in [0.15, 0.2) is 29.3 Å². The van der Waals surface area contributed by atoms with Crippen molar-refractivity contribution < 1.29 is 9.59 Å². The minimum Gasteiger partial charge on any atom is -0.357 e. The first-order chi connectivity index (χ1) is 14.6. The third-order valence-electron chi connectivity index (χ3n) is 4.87. The number of amides is 2. The lowest BCUT2D eigenvalue weighted by molar-refractivity contribution is -0.130. The summed E-state index contributed by atoms with van der Waals surface area (Å²) in [5.74, 6) is 0.999. The second-order valence-electron chi connectivity index (χ2n) is 7.39. The number of hydrogen-bond donors (Lipinski definition) is 3. The average Bonchev–Trinajstić information content (AvgIpc) is 2.94. The Labute approximate surface area is 207 Å². The molecule has 3 N–H and O–H groups in total. The molecule has 1 aliphatic heterocycles. The molecule has 9 heteroatoms. The van der Waals surface area contributed by atoms with Crippen molar-refractivity contribution in [2.75, 3.05) is 38.0 Å². The molecule has 0 spiro atoms. The summed E-state index contributed by atoms with van der Waals surface area (Å²) in [7, 11) is 0. The number of likely N-dealkylation sites (tertiary alicyclic amines) is 1. The van der Waals surface area contributed by atoms with Gasteiger partial charge in [-0.25, -0.2) is 0 Å². The normalized spacial score (nSPS) is 14.5. The average molecular weight is 564 g/mol. The Kier molecular flexibility index (Phi) is 14.3. The first-order valence-corrected chi connectivity index (χ1v) is 11.3. The fourth-order valence-electron chi connectivity index (χ4n) is 3.28. The summed E-state index contributed by atoms with van der Waals surface area (Å²) >= 11 is 5.85. The number of aliphatic imine (C=N–C) groups is 1. The van der Waals surface area contributed by atoms with E-state index < -0.39 is 0 Å². The molecular weight excluding hydrogens is 529 g/mol. The molecule has 174 valence electrons. The van der Waals surface area contributed by atoms with Crippen LogP contribution < -0.4 is 16.0 Å². The van der Waals surface area contributed by atoms with E-state index in [-0.39, 0.29) is 35.8 Å². The predicted octanol–water partition coefficient (Wildman–Crippen LogP) is 4.02. The molecule has 31 heavy (non-hydrogen) atoms. The lowest BCUT2D eigenvalue weighted by Gasteiger charge is -2.20. The molecule has 0 unspecified atom stereocenters. The van der Waals surface area contributed by atoms with Crippen LogP contribution in [0.2, 0.25) is 5.02 Å². The van der Waals surface area contributed by atoms with Gasteiger partial charge >= 0.3 is 0 Å². The number of nitrogens with one attached hydrogen (secondary N) is 3. The molecule has 1 aromatic rings. The van der Waals surface area contributed by atoms with E-state index in [1.807, 2.05) is 11.8 Å². The largest absolute Gasteiger partial charge is 0.357 e. The lowest BCUT2D eigenvalue weighted by Crippen LogP contribution is -2.38. The molecule has 0 aliphatic carbocycles. The minimum atomic E-state index is -0.0248. The van der Waals surface area contributed by atoms with Gasteiger partial charge < -0.3 is 20.9 Å². The van der Waals surface area contributed by atoms with E-state index >= 15 is 0 Å². The van der Waals surface area contributed by atoms with Crippen LogP contribution in [0, 0.1) is 0 Å². The Morgan fingerprint density at radius 3 is 2.65 bits per heavy atom. The van der Waals surface area contributed by atoms with E-state index in [0.29, 0.717) is 37.4 Å². The third kappa shape index (κ3) is 11.6. The molecule has 2 amide bonds. The van der Waals surface area contributed by atoms with E-state index in [2.05, 4.69) is 20.9 Å². The van der Waals surface area contributed by atoms with Gasteiger partial charge in [-0.3, -0.25) is 14.6 Å². The van der Waals surface area contributed by atoms with Crippen molar-refractivity contribution in [1.29, 1.82) is 0 Å². The van der Waals surface area contributed by atoms with Crippen molar-refractivity contribution in [3.8, 4) is 0 Å². The number of benzene rings is 1. The summed E-state index contributed by atoms with van der Waals surface area (Å²) in [5, 5.41) is 9.99. The quantitative estimate of drug-likeness (QED) is 0.174. The van der Waals surface area contributed by atoms with Crippen molar-refractivity contribution in [3.05, 3.63) is 29.3 Å². The van der Waals surface area contributed by atoms with Gasteiger partial charge in [-0.2, -0.15) is 0 Å². The first kappa shape index (κ1) is 27.5. The predicted molar refractivity (Wildman–Crippen MR) is 138 cm³/mol. The van der Waals surface area contributed by atoms with Crippen LogP contribution in [-0.4, -0.2) is 55.4 Å². The molecule has 0 bridgehead atoms. The second-order valence-corrected chi connectivity index (χ2v) is 7.83. The molecule has 1 saturated heterocycles. The van der Waals surface area contributed by atoms with Gasteiger partial charge in [0.25, 0.3) is 0 Å². The van der Waals surface area contributed by atoms with E-state index in [0.717, 1.165) is 57.0 Å². The van der Waals surface area contributed by atoms with E-state index in [1.165, 1.54) is 0 Å². The summed E-state index contributed by atoms with van der Waals surface area (Å²) in [4.78, 5) is 30.6. The molecule has 1 aliphatic rings. The summed E-state index contributed by atoms with van der Waals surface area (Å²) < 4.78 is 0. The maximum atomic E-state index is 12.0. The molecule has 2 rings (SSSR count). The van der Waals surface area contributed by atoms with Gasteiger partial charge in [-0.1, -0.05) is 18.0 Å². The van der Waals surface area contributed by atoms with Crippen LogP contribution in [0.5, 0.6) is 0 Å². The molecule has 0 atom stereocenters. The summed E-state index contributed by atoms with van der Waals surface area (Å²) in [6.45, 7) is 5.76. The molecule has 1 heterocycles. The Bertz CT molecular complexity index is 700. The zero-order valence-corrected chi connectivity index (χ0v) is 21.4. The van der Waals surface area contributed by atoms with Gasteiger partial charge in [0.2, 0.25) is 11.8 Å². The van der Waals surface area contributed by atoms with Crippen LogP contribution in [0.1, 0.15) is 51.9 Å². The number of carbonyl (C=O) groups excluding carboxylic acids is 2. The molecule has 0 saturated carbocycles. The molecule has 7 nitrogen and oxygen atoms in total. The lowest BCUT2D eigenvalue weighted by atomic mass is 10.2. The Balaban J connectivity index is 0.00000480. The highest BCUT2D eigenvalue weighted by atomic mass is 127. The molecular formula is C22H35ClIN5O2. The smallest absolute Gasteiger partial charge is 0.224 e. The molecule has 0 radical (unpaired) electrons. The monoisotopic (exact) mass is 563 g/mol. The summed E-state index contributed by atoms with van der Waals surface area (Å²) in [5.41, 5.74) is 0.746. The highest BCUT2D eigenvalue weighted by molar-refractivity contribution is 14.0. The van der Waals surface area contributed by atoms with E-state index in [9.17, 15) is 9.59 Å². The van der Waals surface area contributed by atoms with Gasteiger partial charge in [0.1, 0.15) is 0 Å². The number of nitrogens with zero attached hydrogens (tertiary/aromatic N) is 2. The maximum absolute atomic E-state index is 12.0. The Hall–Kier alpha value is -1.55. The van der Waals surface area contributed by atoms with Crippen molar-refractivity contribution in [2.45, 2.75) is 51.9 Å². The summed E-state index contributed by atoms with van der Waals surface area (Å²) in [6.07, 6.45) is 5.92. The number of halogens is 2. The Morgan fingerprint density at radius 2 is 1.90 bits per heavy atom. The van der Waals surface area contributed by atoms with Crippen LogP contribution in [-0.2, 0) is 9.59 Å². The number of guanidine groups is 1. The van der Waals surface area contributed by atoms with Crippen LogP contribution in [0.25, 0.3) is 0 Å². The van der Waals surface area contributed by atoms with Gasteiger partial charge in [0.15, 0.2) is 5.96 Å². The molecule has 1 fully saturated rings. The van der Waals surface area contributed by atoms with E-state index in [1.54, 1.807) is 24.3 Å². The number of rotatable bonds is 10. The fourth-order valence-corrected chi connectivity index (χ4v) is 3.41. The second kappa shape index (κ2) is 16.1. The van der Waals surface area contributed by atoms with Gasteiger partial charge in [0.05, 0.1) is 0 Å². The number of anilines is 1. The zero-order valence-electron chi connectivity index (χ0n) is 18.3. The topological polar surface area (TPSA) is 85.8 Å². The fraction of sp³-hybridized carbons (Fsp3) is 0.591. The number of hydrogen-bond acceptors (Lipinski definition) is 3. The maximum Gasteiger partial charge on any atom is 0.224 e. The highest BCUT2D eigenvalue weighted by Gasteiger charge is 2.15. The third-order valence-corrected chi connectivity index (χ3v) is 5.12. The standard InChI is InChI=1S/C22H34ClN5O2.HI/c1-2-24-22(26-15-7-17-28-16-5-3-4-9-21(28)30)25-14-6-8-20(29)27-19-12-10-18(23)11-13-19;/h10-13H,2-9,14-17H2,1H3,(H,27,29)(H2,24,25,26);1H. The first-order valence-electron chi connectivity index (χ1n) is 10.9. The number of carbonyl (C=O) groups is 2. The van der Waals surface area contributed by atoms with Crippen LogP contribution >= 0.6 is 35.6 Å². The van der Waals surface area contributed by atoms with Gasteiger partial charge in [-0.05, 0) is 56.9 Å². The van der Waals surface area contributed by atoms with Crippen molar-refractivity contribution in [3.63, 3.8) is 0 Å². The Morgan fingerprint density at radius 1 is 1.13 bits per heavy atom. The zero-order chi connectivity index (χ0) is 21.6. The molecule has 1 aromatic carbocycles. The van der Waals surface area contributed by atoms with E-state index in [4.69, 9.17) is 11.6 Å². The molecule has 0 aromatic heterocycles. The van der Waals surface area contributed by atoms with Crippen molar-refractivity contribution in [1.82, 2.24) is 15.5 Å².